The van der Waals surface area contributed by atoms with E-state index in [2.05, 4.69) is 71.5 Å². The van der Waals surface area contributed by atoms with E-state index in [9.17, 15) is 4.79 Å². The molecule has 0 aliphatic rings. The van der Waals surface area contributed by atoms with E-state index in [1.165, 1.54) is 27.6 Å². The molecule has 0 fully saturated rings. The maximum atomic E-state index is 12.6. The summed E-state index contributed by atoms with van der Waals surface area (Å²) in [5.41, 5.74) is 6.18. The highest BCUT2D eigenvalue weighted by molar-refractivity contribution is 5.85. The van der Waals surface area contributed by atoms with E-state index >= 15 is 0 Å². The molecule has 0 unspecified atom stereocenters. The van der Waals surface area contributed by atoms with Crippen LogP contribution in [-0.2, 0) is 17.8 Å². The van der Waals surface area contributed by atoms with Crippen molar-refractivity contribution in [2.75, 3.05) is 0 Å². The van der Waals surface area contributed by atoms with Crippen molar-refractivity contribution in [1.29, 1.82) is 0 Å². The molecule has 0 aliphatic heterocycles. The lowest BCUT2D eigenvalue weighted by atomic mass is 10.1. The molecule has 4 aromatic rings. The molecule has 0 aliphatic carbocycles. The number of benzene rings is 3. The van der Waals surface area contributed by atoms with Gasteiger partial charge in [-0.25, -0.2) is 0 Å². The monoisotopic (exact) mass is 396 g/mol. The Hall–Kier alpha value is -3.33. The summed E-state index contributed by atoms with van der Waals surface area (Å²) >= 11 is 0. The molecule has 152 valence electrons. The summed E-state index contributed by atoms with van der Waals surface area (Å²) in [6.45, 7) is 5.02. The Kier molecular flexibility index (Phi) is 5.99. The minimum absolute atomic E-state index is 0.0149. The summed E-state index contributed by atoms with van der Waals surface area (Å²) in [6.07, 6.45) is 3.43. The highest BCUT2D eigenvalue weighted by Crippen LogP contribution is 2.24. The van der Waals surface area contributed by atoms with Gasteiger partial charge in [0.25, 0.3) is 0 Å². The van der Waals surface area contributed by atoms with Crippen molar-refractivity contribution in [1.82, 2.24) is 9.88 Å². The van der Waals surface area contributed by atoms with Gasteiger partial charge in [0, 0.05) is 30.1 Å². The largest absolute Gasteiger partial charge is 0.350 e. The smallest absolute Gasteiger partial charge is 0.220 e. The van der Waals surface area contributed by atoms with Gasteiger partial charge in [0.1, 0.15) is 0 Å². The van der Waals surface area contributed by atoms with Gasteiger partial charge in [0.05, 0.1) is 6.04 Å². The van der Waals surface area contributed by atoms with Gasteiger partial charge in [0.2, 0.25) is 5.91 Å². The van der Waals surface area contributed by atoms with Crippen LogP contribution >= 0.6 is 0 Å². The van der Waals surface area contributed by atoms with E-state index in [0.29, 0.717) is 6.42 Å². The van der Waals surface area contributed by atoms with E-state index in [4.69, 9.17) is 0 Å². The number of nitrogens with zero attached hydrogens (tertiary/aromatic N) is 1. The molecule has 3 aromatic carbocycles. The van der Waals surface area contributed by atoms with E-state index in [1.807, 2.05) is 37.3 Å². The number of hydrogen-bond acceptors (Lipinski definition) is 1. The van der Waals surface area contributed by atoms with Crippen molar-refractivity contribution in [3.8, 4) is 0 Å². The molecule has 1 atom stereocenters. The van der Waals surface area contributed by atoms with Crippen molar-refractivity contribution < 1.29 is 4.79 Å². The Bertz CT molecular complexity index is 1140. The zero-order chi connectivity index (χ0) is 20.9. The number of nitrogens with one attached hydrogen (secondary N) is 1. The van der Waals surface area contributed by atoms with Crippen LogP contribution in [-0.4, -0.2) is 10.5 Å². The summed E-state index contributed by atoms with van der Waals surface area (Å²) in [5, 5.41) is 4.35. The molecule has 0 spiro atoms. The molecule has 3 nitrogen and oxygen atoms in total. The summed E-state index contributed by atoms with van der Waals surface area (Å²) < 4.78 is 2.30. The lowest BCUT2D eigenvalue weighted by Gasteiger charge is -2.14. The van der Waals surface area contributed by atoms with E-state index < -0.39 is 0 Å². The molecule has 4 rings (SSSR count). The highest BCUT2D eigenvalue weighted by Gasteiger charge is 2.13. The molecule has 0 saturated carbocycles. The van der Waals surface area contributed by atoms with Gasteiger partial charge < -0.3 is 9.88 Å². The summed E-state index contributed by atoms with van der Waals surface area (Å²) in [5.74, 6) is 0.0853. The average Bonchev–Trinajstić information content (AvgIpc) is 3.12. The third kappa shape index (κ3) is 4.46. The van der Waals surface area contributed by atoms with Crippen molar-refractivity contribution in [3.63, 3.8) is 0 Å². The van der Waals surface area contributed by atoms with Crippen LogP contribution < -0.4 is 5.32 Å². The summed E-state index contributed by atoms with van der Waals surface area (Å²) in [6, 6.07) is 27.1. The number of fused-ring (bicyclic) bond motifs is 1. The molecule has 1 heterocycles. The van der Waals surface area contributed by atoms with Crippen molar-refractivity contribution >= 4 is 16.8 Å². The van der Waals surface area contributed by atoms with Crippen LogP contribution in [0.5, 0.6) is 0 Å². The molecule has 0 bridgehead atoms. The third-order valence-corrected chi connectivity index (χ3v) is 5.77. The summed E-state index contributed by atoms with van der Waals surface area (Å²) in [4.78, 5) is 12.6. The van der Waals surface area contributed by atoms with Gasteiger partial charge in [0.15, 0.2) is 0 Å². The Morgan fingerprint density at radius 2 is 1.60 bits per heavy atom. The van der Waals surface area contributed by atoms with Crippen molar-refractivity contribution in [2.45, 2.75) is 39.3 Å². The van der Waals surface area contributed by atoms with Crippen LogP contribution in [0.4, 0.5) is 0 Å². The van der Waals surface area contributed by atoms with Gasteiger partial charge in [-0.05, 0) is 48.6 Å². The number of para-hydroxylation sites is 1. The minimum atomic E-state index is 0.0149. The first-order chi connectivity index (χ1) is 14.6. The van der Waals surface area contributed by atoms with Crippen molar-refractivity contribution in [3.05, 3.63) is 107 Å². The second-order valence-corrected chi connectivity index (χ2v) is 7.93. The standard InChI is InChI=1S/C27H28N2O/c1-20-10-6-7-13-23(20)18-29-19-24(25-14-8-9-15-26(25)29)16-17-27(30)28-21(2)22-11-4-3-5-12-22/h3-15,19,21H,16-18H2,1-2H3,(H,28,30)/t21-/m1/s1. The highest BCUT2D eigenvalue weighted by atomic mass is 16.1. The van der Waals surface area contributed by atoms with Crippen LogP contribution in [0.15, 0.2) is 85.1 Å². The fraction of sp³-hybridized carbons (Fsp3) is 0.222. The van der Waals surface area contributed by atoms with Gasteiger partial charge in [-0.15, -0.1) is 0 Å². The van der Waals surface area contributed by atoms with Gasteiger partial charge in [-0.1, -0.05) is 72.8 Å². The number of carbonyl (C=O) groups is 1. The fourth-order valence-electron chi connectivity index (χ4n) is 4.01. The molecule has 0 saturated heterocycles. The molecule has 0 radical (unpaired) electrons. The molecule has 1 aromatic heterocycles. The number of aromatic nitrogens is 1. The first-order valence-corrected chi connectivity index (χ1v) is 10.6. The second-order valence-electron chi connectivity index (χ2n) is 7.93. The fourth-order valence-corrected chi connectivity index (χ4v) is 4.01. The third-order valence-electron chi connectivity index (χ3n) is 5.77. The minimum Gasteiger partial charge on any atom is -0.350 e. The maximum absolute atomic E-state index is 12.6. The van der Waals surface area contributed by atoms with Gasteiger partial charge in [-0.2, -0.15) is 0 Å². The molecular formula is C27H28N2O. The first-order valence-electron chi connectivity index (χ1n) is 10.6. The van der Waals surface area contributed by atoms with E-state index in [-0.39, 0.29) is 11.9 Å². The predicted octanol–water partition coefficient (Wildman–Crippen LogP) is 5.81. The van der Waals surface area contributed by atoms with Crippen LogP contribution in [0.3, 0.4) is 0 Å². The predicted molar refractivity (Wildman–Crippen MR) is 124 cm³/mol. The number of aryl methyl sites for hydroxylation is 2. The Morgan fingerprint density at radius 1 is 0.900 bits per heavy atom. The van der Waals surface area contributed by atoms with Crippen molar-refractivity contribution in [2.24, 2.45) is 0 Å². The number of hydrogen-bond donors (Lipinski definition) is 1. The number of amides is 1. The lowest BCUT2D eigenvalue weighted by Crippen LogP contribution is -2.26. The normalized spacial score (nSPS) is 12.1. The summed E-state index contributed by atoms with van der Waals surface area (Å²) in [7, 11) is 0. The zero-order valence-electron chi connectivity index (χ0n) is 17.6. The zero-order valence-corrected chi connectivity index (χ0v) is 17.6. The first kappa shape index (κ1) is 20.0. The van der Waals surface area contributed by atoms with Crippen LogP contribution in [0.2, 0.25) is 0 Å². The number of rotatable bonds is 7. The lowest BCUT2D eigenvalue weighted by molar-refractivity contribution is -0.121. The number of carbonyl (C=O) groups excluding carboxylic acids is 1. The Morgan fingerprint density at radius 3 is 2.40 bits per heavy atom. The topological polar surface area (TPSA) is 34.0 Å². The van der Waals surface area contributed by atoms with Crippen LogP contribution in [0, 0.1) is 6.92 Å². The van der Waals surface area contributed by atoms with Crippen LogP contribution in [0.25, 0.3) is 10.9 Å². The Balaban J connectivity index is 1.48. The molecule has 3 heteroatoms. The van der Waals surface area contributed by atoms with Gasteiger partial charge in [-0.3, -0.25) is 4.79 Å². The van der Waals surface area contributed by atoms with E-state index in [0.717, 1.165) is 18.5 Å². The second kappa shape index (κ2) is 9.00. The van der Waals surface area contributed by atoms with Gasteiger partial charge >= 0.3 is 0 Å². The van der Waals surface area contributed by atoms with Crippen LogP contribution in [0.1, 0.15) is 41.6 Å². The molecule has 1 amide bonds. The molecule has 1 N–H and O–H groups in total. The van der Waals surface area contributed by atoms with E-state index in [1.54, 1.807) is 0 Å². The SMILES string of the molecule is Cc1ccccc1Cn1cc(CCC(=O)N[C@H](C)c2ccccc2)c2ccccc21. The maximum Gasteiger partial charge on any atom is 0.220 e. The molecular weight excluding hydrogens is 368 g/mol. The Labute approximate surface area is 178 Å². The quantitative estimate of drug-likeness (QED) is 0.420. The molecule has 30 heavy (non-hydrogen) atoms. The average molecular weight is 397 g/mol.